The molecule has 0 radical (unpaired) electrons. The molecule has 0 saturated heterocycles. The number of aromatic nitrogens is 2. The third-order valence-corrected chi connectivity index (χ3v) is 3.96. The third-order valence-electron chi connectivity index (χ3n) is 3.33. The Morgan fingerprint density at radius 2 is 1.88 bits per heavy atom. The molecule has 0 saturated carbocycles. The van der Waals surface area contributed by atoms with Gasteiger partial charge in [0.25, 0.3) is 5.91 Å². The molecule has 3 aromatic rings. The minimum absolute atomic E-state index is 0.0825. The predicted molar refractivity (Wildman–Crippen MR) is 92.1 cm³/mol. The van der Waals surface area contributed by atoms with Crippen LogP contribution in [0.3, 0.4) is 0 Å². The second kappa shape index (κ2) is 7.03. The molecule has 1 aromatic heterocycles. The molecule has 0 aliphatic rings. The lowest BCUT2D eigenvalue weighted by Crippen LogP contribution is -2.23. The van der Waals surface area contributed by atoms with Crippen molar-refractivity contribution in [2.45, 2.75) is 13.5 Å². The molecule has 0 spiro atoms. The van der Waals surface area contributed by atoms with Crippen LogP contribution >= 0.6 is 23.2 Å². The summed E-state index contributed by atoms with van der Waals surface area (Å²) in [5.41, 5.74) is 2.17. The van der Waals surface area contributed by atoms with E-state index in [4.69, 9.17) is 27.7 Å². The molecule has 0 aliphatic heterocycles. The Morgan fingerprint density at radius 3 is 2.58 bits per heavy atom. The Kier molecular flexibility index (Phi) is 4.83. The fourth-order valence-corrected chi connectivity index (χ4v) is 2.76. The molecule has 3 rings (SSSR count). The van der Waals surface area contributed by atoms with Gasteiger partial charge in [0.2, 0.25) is 11.7 Å². The van der Waals surface area contributed by atoms with E-state index < -0.39 is 5.91 Å². The van der Waals surface area contributed by atoms with Crippen LogP contribution in [0.15, 0.2) is 47.0 Å². The lowest BCUT2D eigenvalue weighted by molar-refractivity contribution is 0.0946. The number of carbonyl (C=O) groups excluding carboxylic acids is 1. The minimum atomic E-state index is -0.402. The molecule has 0 aliphatic carbocycles. The van der Waals surface area contributed by atoms with Gasteiger partial charge in [0, 0.05) is 5.56 Å². The van der Waals surface area contributed by atoms with E-state index >= 15 is 0 Å². The summed E-state index contributed by atoms with van der Waals surface area (Å²) >= 11 is 12.0. The van der Waals surface area contributed by atoms with Crippen LogP contribution in [0.1, 0.15) is 21.8 Å². The summed E-state index contributed by atoms with van der Waals surface area (Å²) in [4.78, 5) is 16.5. The number of rotatable bonds is 4. The maximum atomic E-state index is 12.2. The summed E-state index contributed by atoms with van der Waals surface area (Å²) in [6, 6.07) is 12.6. The average Bonchev–Trinajstić information content (AvgIpc) is 3.02. The van der Waals surface area contributed by atoms with Crippen molar-refractivity contribution in [3.63, 3.8) is 0 Å². The van der Waals surface area contributed by atoms with Gasteiger partial charge < -0.3 is 9.84 Å². The second-order valence-electron chi connectivity index (χ2n) is 5.16. The SMILES string of the molecule is Cc1cccc(-c2noc(CNC(=O)c3c(Cl)cccc3Cl)n2)c1. The number of nitrogens with one attached hydrogen (secondary N) is 1. The van der Waals surface area contributed by atoms with Crippen LogP contribution in [0.5, 0.6) is 0 Å². The maximum absolute atomic E-state index is 12.2. The quantitative estimate of drug-likeness (QED) is 0.752. The highest BCUT2D eigenvalue weighted by Crippen LogP contribution is 2.24. The highest BCUT2D eigenvalue weighted by Gasteiger charge is 2.16. The Balaban J connectivity index is 1.71. The fraction of sp³-hybridized carbons (Fsp3) is 0.118. The molecule has 1 heterocycles. The number of hydrogen-bond acceptors (Lipinski definition) is 4. The maximum Gasteiger partial charge on any atom is 0.254 e. The van der Waals surface area contributed by atoms with Crippen molar-refractivity contribution in [2.24, 2.45) is 0 Å². The lowest BCUT2D eigenvalue weighted by atomic mass is 10.1. The van der Waals surface area contributed by atoms with Crippen molar-refractivity contribution in [1.29, 1.82) is 0 Å². The van der Waals surface area contributed by atoms with Crippen molar-refractivity contribution >= 4 is 29.1 Å². The molecule has 7 heteroatoms. The zero-order valence-corrected chi connectivity index (χ0v) is 14.2. The first-order chi connectivity index (χ1) is 11.5. The summed E-state index contributed by atoms with van der Waals surface area (Å²) in [5, 5.41) is 7.16. The summed E-state index contributed by atoms with van der Waals surface area (Å²) in [7, 11) is 0. The van der Waals surface area contributed by atoms with Gasteiger partial charge in [-0.3, -0.25) is 4.79 Å². The number of halogens is 2. The van der Waals surface area contributed by atoms with Crippen LogP contribution in [0, 0.1) is 6.92 Å². The number of benzene rings is 2. The Bertz CT molecular complexity index is 873. The molecule has 24 heavy (non-hydrogen) atoms. The van der Waals surface area contributed by atoms with E-state index in [0.29, 0.717) is 11.7 Å². The van der Waals surface area contributed by atoms with Gasteiger partial charge in [-0.1, -0.05) is 58.2 Å². The first-order valence-corrected chi connectivity index (χ1v) is 7.92. The summed E-state index contributed by atoms with van der Waals surface area (Å²) in [6.45, 7) is 2.07. The van der Waals surface area contributed by atoms with E-state index in [1.807, 2.05) is 31.2 Å². The topological polar surface area (TPSA) is 68.0 Å². The standard InChI is InChI=1S/C17H13Cl2N3O2/c1-10-4-2-5-11(8-10)16-21-14(24-22-16)9-20-17(23)15-12(18)6-3-7-13(15)19/h2-8H,9H2,1H3,(H,20,23). The molecule has 2 aromatic carbocycles. The zero-order valence-electron chi connectivity index (χ0n) is 12.7. The highest BCUT2D eigenvalue weighted by molar-refractivity contribution is 6.39. The van der Waals surface area contributed by atoms with Gasteiger partial charge in [-0.05, 0) is 25.1 Å². The Hall–Kier alpha value is -2.37. The average molecular weight is 362 g/mol. The van der Waals surface area contributed by atoms with E-state index in [0.717, 1.165) is 11.1 Å². The number of nitrogens with zero attached hydrogens (tertiary/aromatic N) is 2. The molecule has 0 fully saturated rings. The summed E-state index contributed by atoms with van der Waals surface area (Å²) in [6.07, 6.45) is 0. The van der Waals surface area contributed by atoms with Crippen LogP contribution in [0.4, 0.5) is 0 Å². The number of carbonyl (C=O) groups is 1. The fourth-order valence-electron chi connectivity index (χ4n) is 2.19. The first kappa shape index (κ1) is 16.5. The van der Waals surface area contributed by atoms with Crippen LogP contribution in [0.2, 0.25) is 10.0 Å². The van der Waals surface area contributed by atoms with E-state index in [9.17, 15) is 4.79 Å². The van der Waals surface area contributed by atoms with Gasteiger partial charge in [-0.15, -0.1) is 0 Å². The smallest absolute Gasteiger partial charge is 0.254 e. The van der Waals surface area contributed by atoms with Gasteiger partial charge in [0.1, 0.15) is 0 Å². The van der Waals surface area contributed by atoms with Crippen molar-refractivity contribution in [3.05, 3.63) is 69.5 Å². The largest absolute Gasteiger partial charge is 0.343 e. The van der Waals surface area contributed by atoms with E-state index in [-0.39, 0.29) is 22.2 Å². The Labute approximate surface area is 148 Å². The number of amides is 1. The van der Waals surface area contributed by atoms with Crippen LogP contribution < -0.4 is 5.32 Å². The molecule has 0 bridgehead atoms. The third kappa shape index (κ3) is 3.58. The van der Waals surface area contributed by atoms with Crippen LogP contribution in [-0.4, -0.2) is 16.0 Å². The van der Waals surface area contributed by atoms with Crippen LogP contribution in [0.25, 0.3) is 11.4 Å². The number of hydrogen-bond donors (Lipinski definition) is 1. The van der Waals surface area contributed by atoms with Crippen molar-refractivity contribution < 1.29 is 9.32 Å². The summed E-state index contributed by atoms with van der Waals surface area (Å²) < 4.78 is 5.16. The van der Waals surface area contributed by atoms with Crippen LogP contribution in [-0.2, 0) is 6.54 Å². The van der Waals surface area contributed by atoms with E-state index in [2.05, 4.69) is 15.5 Å². The normalized spacial score (nSPS) is 10.6. The van der Waals surface area contributed by atoms with Crippen molar-refractivity contribution in [3.8, 4) is 11.4 Å². The lowest BCUT2D eigenvalue weighted by Gasteiger charge is -2.06. The minimum Gasteiger partial charge on any atom is -0.343 e. The molecule has 1 amide bonds. The van der Waals surface area contributed by atoms with Gasteiger partial charge in [0.05, 0.1) is 22.2 Å². The van der Waals surface area contributed by atoms with Gasteiger partial charge in [-0.25, -0.2) is 0 Å². The zero-order chi connectivity index (χ0) is 17.1. The molecule has 1 N–H and O–H groups in total. The number of aryl methyl sites for hydroxylation is 1. The Morgan fingerprint density at radius 1 is 1.17 bits per heavy atom. The highest BCUT2D eigenvalue weighted by atomic mass is 35.5. The molecular formula is C17H13Cl2N3O2. The molecular weight excluding hydrogens is 349 g/mol. The van der Waals surface area contributed by atoms with Crippen molar-refractivity contribution in [1.82, 2.24) is 15.5 Å². The monoisotopic (exact) mass is 361 g/mol. The van der Waals surface area contributed by atoms with Gasteiger partial charge in [0.15, 0.2) is 0 Å². The molecule has 0 unspecified atom stereocenters. The van der Waals surface area contributed by atoms with Gasteiger partial charge in [-0.2, -0.15) is 4.98 Å². The van der Waals surface area contributed by atoms with E-state index in [1.54, 1.807) is 18.2 Å². The molecule has 5 nitrogen and oxygen atoms in total. The van der Waals surface area contributed by atoms with Crippen molar-refractivity contribution in [2.75, 3.05) is 0 Å². The van der Waals surface area contributed by atoms with Gasteiger partial charge >= 0.3 is 0 Å². The first-order valence-electron chi connectivity index (χ1n) is 7.16. The van der Waals surface area contributed by atoms with E-state index in [1.165, 1.54) is 0 Å². The second-order valence-corrected chi connectivity index (χ2v) is 5.97. The molecule has 0 atom stereocenters. The predicted octanol–water partition coefficient (Wildman–Crippen LogP) is 4.28. The molecule has 122 valence electrons. The summed E-state index contributed by atoms with van der Waals surface area (Å²) in [5.74, 6) is 0.364.